The quantitative estimate of drug-likeness (QED) is 0.763. The zero-order valence-electron chi connectivity index (χ0n) is 14.6. The molecule has 0 unspecified atom stereocenters. The van der Waals surface area contributed by atoms with Crippen LogP contribution in [0, 0.1) is 6.92 Å². The molecule has 1 heterocycles. The van der Waals surface area contributed by atoms with Crippen LogP contribution in [0.3, 0.4) is 0 Å². The van der Waals surface area contributed by atoms with E-state index in [0.717, 1.165) is 37.0 Å². The van der Waals surface area contributed by atoms with E-state index >= 15 is 0 Å². The van der Waals surface area contributed by atoms with E-state index in [1.807, 2.05) is 6.92 Å². The van der Waals surface area contributed by atoms with Crippen LogP contribution < -0.4 is 16.4 Å². The largest absolute Gasteiger partial charge is 0.360 e. The fourth-order valence-electron chi connectivity index (χ4n) is 3.14. The molecule has 2 aliphatic carbocycles. The van der Waals surface area contributed by atoms with Crippen LogP contribution in [0.25, 0.3) is 0 Å². The number of carbonyl (C=O) groups excluding carboxylic acids is 2. The highest BCUT2D eigenvalue weighted by atomic mass is 16.5. The van der Waals surface area contributed by atoms with E-state index in [1.165, 1.54) is 0 Å². The number of anilines is 1. The molecule has 4 rings (SSSR count). The number of amides is 2. The zero-order chi connectivity index (χ0) is 18.3. The topological polar surface area (TPSA) is 110 Å². The molecule has 7 nitrogen and oxygen atoms in total. The van der Waals surface area contributed by atoms with Gasteiger partial charge in [-0.2, -0.15) is 0 Å². The molecule has 2 fully saturated rings. The van der Waals surface area contributed by atoms with Crippen LogP contribution >= 0.6 is 0 Å². The molecule has 0 atom stereocenters. The molecule has 7 heteroatoms. The van der Waals surface area contributed by atoms with Crippen LogP contribution in [0.4, 0.5) is 5.69 Å². The predicted octanol–water partition coefficient (Wildman–Crippen LogP) is 2.33. The number of aromatic nitrogens is 1. The Bertz CT molecular complexity index is 850. The van der Waals surface area contributed by atoms with Gasteiger partial charge in [0.05, 0.1) is 0 Å². The number of carbonyl (C=O) groups is 2. The summed E-state index contributed by atoms with van der Waals surface area (Å²) in [4.78, 5) is 24.6. The minimum atomic E-state index is -0.315. The summed E-state index contributed by atoms with van der Waals surface area (Å²) < 4.78 is 5.22. The van der Waals surface area contributed by atoms with E-state index in [2.05, 4.69) is 15.8 Å². The maximum Gasteiger partial charge on any atom is 0.277 e. The Hall–Kier alpha value is -2.67. The van der Waals surface area contributed by atoms with Crippen molar-refractivity contribution in [3.05, 3.63) is 46.8 Å². The Balaban J connectivity index is 1.40. The lowest BCUT2D eigenvalue weighted by atomic mass is 9.87. The van der Waals surface area contributed by atoms with Crippen molar-refractivity contribution in [3.8, 4) is 0 Å². The number of benzene rings is 1. The van der Waals surface area contributed by atoms with E-state index in [1.54, 1.807) is 24.3 Å². The van der Waals surface area contributed by atoms with Gasteiger partial charge >= 0.3 is 0 Å². The first-order chi connectivity index (χ1) is 12.5. The smallest absolute Gasteiger partial charge is 0.277 e. The van der Waals surface area contributed by atoms with Gasteiger partial charge in [0, 0.05) is 35.3 Å². The van der Waals surface area contributed by atoms with Gasteiger partial charge in [0.1, 0.15) is 5.76 Å². The average Bonchev–Trinajstić information content (AvgIpc) is 3.32. The molecular formula is C19H22N4O3. The molecule has 0 saturated heterocycles. The molecule has 2 saturated carbocycles. The first-order valence-corrected chi connectivity index (χ1v) is 8.94. The summed E-state index contributed by atoms with van der Waals surface area (Å²) in [5.74, 6) is 0.751. The predicted molar refractivity (Wildman–Crippen MR) is 96.1 cm³/mol. The Morgan fingerprint density at radius 1 is 1.19 bits per heavy atom. The van der Waals surface area contributed by atoms with Crippen LogP contribution in [0.5, 0.6) is 0 Å². The second-order valence-electron chi connectivity index (χ2n) is 7.27. The fraction of sp³-hybridized carbons (Fsp3) is 0.421. The summed E-state index contributed by atoms with van der Waals surface area (Å²) in [5.41, 5.74) is 8.03. The van der Waals surface area contributed by atoms with Crippen molar-refractivity contribution >= 4 is 17.5 Å². The number of hydrogen-bond donors (Lipinski definition) is 3. The summed E-state index contributed by atoms with van der Waals surface area (Å²) in [5, 5.41) is 9.63. The minimum absolute atomic E-state index is 0.117. The van der Waals surface area contributed by atoms with E-state index in [0.29, 0.717) is 17.2 Å². The van der Waals surface area contributed by atoms with Gasteiger partial charge in [0.15, 0.2) is 5.69 Å². The van der Waals surface area contributed by atoms with E-state index < -0.39 is 0 Å². The van der Waals surface area contributed by atoms with E-state index in [-0.39, 0.29) is 29.6 Å². The van der Waals surface area contributed by atoms with Crippen molar-refractivity contribution < 1.29 is 14.1 Å². The summed E-state index contributed by atoms with van der Waals surface area (Å²) >= 11 is 0. The lowest BCUT2D eigenvalue weighted by Gasteiger charge is -2.33. The zero-order valence-corrected chi connectivity index (χ0v) is 14.6. The van der Waals surface area contributed by atoms with Crippen molar-refractivity contribution in [1.29, 1.82) is 0 Å². The van der Waals surface area contributed by atoms with Gasteiger partial charge in [-0.1, -0.05) is 5.16 Å². The second kappa shape index (κ2) is 6.57. The molecule has 2 amide bonds. The van der Waals surface area contributed by atoms with Gasteiger partial charge in [-0.15, -0.1) is 0 Å². The first-order valence-electron chi connectivity index (χ1n) is 8.94. The Morgan fingerprint density at radius 3 is 2.62 bits per heavy atom. The van der Waals surface area contributed by atoms with Crippen LogP contribution in [0.15, 0.2) is 28.8 Å². The molecule has 0 aliphatic heterocycles. The van der Waals surface area contributed by atoms with Crippen molar-refractivity contribution in [1.82, 2.24) is 10.5 Å². The number of nitrogens with one attached hydrogen (secondary N) is 2. The highest BCUT2D eigenvalue weighted by molar-refractivity contribution is 6.03. The van der Waals surface area contributed by atoms with Gasteiger partial charge in [-0.05, 0) is 56.4 Å². The van der Waals surface area contributed by atoms with E-state index in [4.69, 9.17) is 10.3 Å². The second-order valence-corrected chi connectivity index (χ2v) is 7.27. The number of nitrogens with zero attached hydrogens (tertiary/aromatic N) is 1. The molecule has 2 aromatic rings. The molecular weight excluding hydrogens is 332 g/mol. The number of nitrogens with two attached hydrogens (primary N) is 1. The van der Waals surface area contributed by atoms with Crippen molar-refractivity contribution in [2.24, 2.45) is 5.73 Å². The minimum Gasteiger partial charge on any atom is -0.360 e. The number of aryl methyl sites for hydroxylation is 1. The van der Waals surface area contributed by atoms with Gasteiger partial charge in [-0.3, -0.25) is 9.59 Å². The van der Waals surface area contributed by atoms with Crippen molar-refractivity contribution in [2.45, 2.75) is 50.6 Å². The molecule has 1 aromatic heterocycles. The van der Waals surface area contributed by atoms with Gasteiger partial charge < -0.3 is 20.9 Å². The van der Waals surface area contributed by atoms with Crippen LogP contribution in [-0.4, -0.2) is 29.1 Å². The highest BCUT2D eigenvalue weighted by Crippen LogP contribution is 2.40. The fourth-order valence-corrected chi connectivity index (χ4v) is 3.14. The molecule has 136 valence electrons. The van der Waals surface area contributed by atoms with Crippen molar-refractivity contribution in [3.63, 3.8) is 0 Å². The summed E-state index contributed by atoms with van der Waals surface area (Å²) in [7, 11) is 0. The lowest BCUT2D eigenvalue weighted by Crippen LogP contribution is -2.50. The standard InChI is InChI=1S/C19H22N4O3/c1-10-6-12(18(24)21-14-7-13(20)8-14)4-5-15(10)22-19(25)16-9-17(26-23-16)11-2-3-11/h4-6,9,11,13-14H,2-3,7-8,20H2,1H3,(H,21,24)(H,22,25). The lowest BCUT2D eigenvalue weighted by molar-refractivity contribution is 0.0909. The number of hydrogen-bond acceptors (Lipinski definition) is 5. The van der Waals surface area contributed by atoms with Crippen molar-refractivity contribution in [2.75, 3.05) is 5.32 Å². The monoisotopic (exact) mass is 354 g/mol. The van der Waals surface area contributed by atoms with Crippen LogP contribution in [0.1, 0.15) is 63.8 Å². The average molecular weight is 354 g/mol. The molecule has 1 aromatic carbocycles. The Labute approximate surface area is 151 Å². The third-order valence-corrected chi connectivity index (χ3v) is 4.99. The van der Waals surface area contributed by atoms with Gasteiger partial charge in [0.25, 0.3) is 11.8 Å². The molecule has 0 radical (unpaired) electrons. The molecule has 0 spiro atoms. The summed E-state index contributed by atoms with van der Waals surface area (Å²) in [6.07, 6.45) is 3.82. The summed E-state index contributed by atoms with van der Waals surface area (Å²) in [6.45, 7) is 1.85. The third kappa shape index (κ3) is 3.48. The Morgan fingerprint density at radius 2 is 1.96 bits per heavy atom. The molecule has 0 bridgehead atoms. The highest BCUT2D eigenvalue weighted by Gasteiger charge is 2.29. The third-order valence-electron chi connectivity index (χ3n) is 4.99. The van der Waals surface area contributed by atoms with E-state index in [9.17, 15) is 9.59 Å². The van der Waals surface area contributed by atoms with Gasteiger partial charge in [-0.25, -0.2) is 0 Å². The number of rotatable bonds is 5. The maximum atomic E-state index is 12.3. The Kier molecular flexibility index (Phi) is 4.24. The molecule has 2 aliphatic rings. The van der Waals surface area contributed by atoms with Crippen LogP contribution in [0.2, 0.25) is 0 Å². The summed E-state index contributed by atoms with van der Waals surface area (Å²) in [6, 6.07) is 7.25. The molecule has 26 heavy (non-hydrogen) atoms. The SMILES string of the molecule is Cc1cc(C(=O)NC2CC(N)C2)ccc1NC(=O)c1cc(C2CC2)on1. The normalized spacial score (nSPS) is 21.8. The van der Waals surface area contributed by atoms with Crippen LogP contribution in [-0.2, 0) is 0 Å². The van der Waals surface area contributed by atoms with Gasteiger partial charge in [0.2, 0.25) is 0 Å². The maximum absolute atomic E-state index is 12.3. The first kappa shape index (κ1) is 16.8. The molecule has 4 N–H and O–H groups in total.